The lowest BCUT2D eigenvalue weighted by Gasteiger charge is -2.49. The van der Waals surface area contributed by atoms with Crippen LogP contribution in [-0.2, 0) is 9.59 Å². The molecular formula is C19H21ClN4O3S. The first kappa shape index (κ1) is 20.4. The molecule has 2 aliphatic heterocycles. The van der Waals surface area contributed by atoms with E-state index < -0.39 is 11.9 Å². The maximum absolute atomic E-state index is 12.7. The number of hydrogen-bond acceptors (Lipinski definition) is 5. The molecule has 0 radical (unpaired) electrons. The van der Waals surface area contributed by atoms with Crippen LogP contribution < -0.4 is 10.6 Å². The van der Waals surface area contributed by atoms with Crippen LogP contribution in [-0.4, -0.2) is 45.6 Å². The number of amides is 3. The fourth-order valence-electron chi connectivity index (χ4n) is 3.13. The highest BCUT2D eigenvalue weighted by Crippen LogP contribution is 2.40. The van der Waals surface area contributed by atoms with Crippen LogP contribution in [0.25, 0.3) is 0 Å². The molecule has 0 aliphatic carbocycles. The summed E-state index contributed by atoms with van der Waals surface area (Å²) in [5.74, 6) is -0.436. The van der Waals surface area contributed by atoms with Crippen LogP contribution in [0.1, 0.15) is 37.0 Å². The molecule has 3 N–H and O–H groups in total. The lowest BCUT2D eigenvalue weighted by molar-refractivity contribution is -0.144. The van der Waals surface area contributed by atoms with Gasteiger partial charge in [-0.3, -0.25) is 24.7 Å². The maximum atomic E-state index is 12.7. The zero-order valence-electron chi connectivity index (χ0n) is 15.5. The highest BCUT2D eigenvalue weighted by Gasteiger charge is 2.53. The summed E-state index contributed by atoms with van der Waals surface area (Å²) in [6, 6.07) is 5.71. The summed E-state index contributed by atoms with van der Waals surface area (Å²) in [6.07, 6.45) is 1.21. The Balaban J connectivity index is 1.71. The molecule has 7 nitrogen and oxygen atoms in total. The first-order chi connectivity index (χ1) is 13.3. The van der Waals surface area contributed by atoms with Gasteiger partial charge < -0.3 is 10.6 Å². The molecule has 2 heterocycles. The molecule has 3 rings (SSSR count). The number of amidine groups is 1. The van der Waals surface area contributed by atoms with E-state index >= 15 is 0 Å². The monoisotopic (exact) mass is 420 g/mol. The molecule has 1 aromatic rings. The third-order valence-electron chi connectivity index (χ3n) is 4.53. The van der Waals surface area contributed by atoms with E-state index in [1.165, 1.54) is 16.7 Å². The molecular weight excluding hydrogens is 400 g/mol. The number of nitrogens with one attached hydrogen (secondary N) is 3. The van der Waals surface area contributed by atoms with Gasteiger partial charge in [0.15, 0.2) is 0 Å². The van der Waals surface area contributed by atoms with Crippen molar-refractivity contribution in [1.29, 1.82) is 5.41 Å². The Morgan fingerprint density at radius 3 is 2.61 bits per heavy atom. The van der Waals surface area contributed by atoms with Gasteiger partial charge in [-0.25, -0.2) is 0 Å². The van der Waals surface area contributed by atoms with Gasteiger partial charge >= 0.3 is 0 Å². The Morgan fingerprint density at radius 2 is 1.96 bits per heavy atom. The van der Waals surface area contributed by atoms with Crippen LogP contribution in [0.4, 0.5) is 0 Å². The average Bonchev–Trinajstić information content (AvgIpc) is 2.66. The molecule has 3 amide bonds. The standard InChI is InChI=1S/C19H21ClN4O3S/c1-3-4-13(21)22-17(26)15-10(2)9-28-19-14(18(27)24(15)19)23-16(25)11-5-7-12(20)8-6-11/h5-8,14,19H,3-4,9H2,1-2H3,(H,23,25)(H2,21,22,26)/t14-,19-/m1/s1. The van der Waals surface area contributed by atoms with Gasteiger partial charge in [0.2, 0.25) is 0 Å². The normalized spacial score (nSPS) is 21.0. The number of thioether (sulfide) groups is 1. The van der Waals surface area contributed by atoms with Gasteiger partial charge in [0.25, 0.3) is 17.7 Å². The average molecular weight is 421 g/mol. The van der Waals surface area contributed by atoms with E-state index in [2.05, 4.69) is 10.6 Å². The lowest BCUT2D eigenvalue weighted by atomic mass is 10.0. The largest absolute Gasteiger partial charge is 0.338 e. The number of carbonyl (C=O) groups is 3. The molecule has 1 fully saturated rings. The third kappa shape index (κ3) is 3.93. The van der Waals surface area contributed by atoms with Crippen molar-refractivity contribution >= 4 is 46.9 Å². The summed E-state index contributed by atoms with van der Waals surface area (Å²) in [5.41, 5.74) is 1.47. The molecule has 0 spiro atoms. The number of benzene rings is 1. The number of nitrogens with zero attached hydrogens (tertiary/aromatic N) is 1. The Kier molecular flexibility index (Phi) is 6.10. The van der Waals surface area contributed by atoms with E-state index in [0.29, 0.717) is 22.8 Å². The molecule has 2 atom stereocenters. The number of halogens is 1. The SMILES string of the molecule is CCCC(=N)NC(=O)C1=C(C)CS[C@@H]2[C@H](NC(=O)c3ccc(Cl)cc3)C(=O)N12. The summed E-state index contributed by atoms with van der Waals surface area (Å²) < 4.78 is 0. The Hall–Kier alpha value is -2.32. The van der Waals surface area contributed by atoms with Gasteiger partial charge in [0.05, 0.1) is 0 Å². The van der Waals surface area contributed by atoms with E-state index in [1.54, 1.807) is 31.2 Å². The molecule has 28 heavy (non-hydrogen) atoms. The van der Waals surface area contributed by atoms with Crippen LogP contribution in [0.5, 0.6) is 0 Å². The third-order valence-corrected chi connectivity index (χ3v) is 6.21. The van der Waals surface area contributed by atoms with Crippen molar-refractivity contribution in [1.82, 2.24) is 15.5 Å². The minimum Gasteiger partial charge on any atom is -0.338 e. The van der Waals surface area contributed by atoms with Crippen LogP contribution in [0.2, 0.25) is 5.02 Å². The number of fused-ring (bicyclic) bond motifs is 1. The van der Waals surface area contributed by atoms with Gasteiger partial charge in [-0.2, -0.15) is 0 Å². The van der Waals surface area contributed by atoms with Crippen LogP contribution in [0.3, 0.4) is 0 Å². The first-order valence-corrected chi connectivity index (χ1v) is 10.4. The molecule has 9 heteroatoms. The summed E-state index contributed by atoms with van der Waals surface area (Å²) in [7, 11) is 0. The molecule has 148 valence electrons. The van der Waals surface area contributed by atoms with Crippen molar-refractivity contribution in [2.75, 3.05) is 5.75 Å². The fourth-order valence-corrected chi connectivity index (χ4v) is 4.55. The second kappa shape index (κ2) is 8.36. The fraction of sp³-hybridized carbons (Fsp3) is 0.368. The second-order valence-corrected chi connectivity index (χ2v) is 8.22. The lowest BCUT2D eigenvalue weighted by Crippen LogP contribution is -2.71. The number of β-lactam (4-membered cyclic amide) rings is 1. The van der Waals surface area contributed by atoms with Crippen molar-refractivity contribution < 1.29 is 14.4 Å². The summed E-state index contributed by atoms with van der Waals surface area (Å²) in [4.78, 5) is 39.1. The number of hydrogen-bond donors (Lipinski definition) is 3. The maximum Gasteiger partial charge on any atom is 0.273 e. The Morgan fingerprint density at radius 1 is 1.29 bits per heavy atom. The number of rotatable bonds is 5. The van der Waals surface area contributed by atoms with Crippen LogP contribution in [0, 0.1) is 5.41 Å². The van der Waals surface area contributed by atoms with Gasteiger partial charge in [-0.15, -0.1) is 11.8 Å². The Labute approximate surface area is 172 Å². The smallest absolute Gasteiger partial charge is 0.273 e. The predicted molar refractivity (Wildman–Crippen MR) is 109 cm³/mol. The molecule has 0 aromatic heterocycles. The van der Waals surface area contributed by atoms with Gasteiger partial charge in [-0.05, 0) is 43.2 Å². The highest BCUT2D eigenvalue weighted by molar-refractivity contribution is 8.00. The van der Waals surface area contributed by atoms with Gasteiger partial charge in [-0.1, -0.05) is 18.5 Å². The highest BCUT2D eigenvalue weighted by atomic mass is 35.5. The van der Waals surface area contributed by atoms with E-state index in [-0.39, 0.29) is 28.7 Å². The summed E-state index contributed by atoms with van der Waals surface area (Å²) in [5, 5.41) is 13.3. The van der Waals surface area contributed by atoms with E-state index in [1.807, 2.05) is 6.92 Å². The van der Waals surface area contributed by atoms with Gasteiger partial charge in [0.1, 0.15) is 22.9 Å². The molecule has 0 unspecified atom stereocenters. The topological polar surface area (TPSA) is 102 Å². The van der Waals surface area contributed by atoms with Crippen molar-refractivity contribution in [3.05, 3.63) is 46.1 Å². The zero-order valence-corrected chi connectivity index (χ0v) is 17.1. The van der Waals surface area contributed by atoms with Gasteiger partial charge in [0, 0.05) is 22.8 Å². The van der Waals surface area contributed by atoms with E-state index in [0.717, 1.165) is 12.0 Å². The molecule has 0 saturated carbocycles. The zero-order chi connectivity index (χ0) is 20.4. The van der Waals surface area contributed by atoms with Crippen LogP contribution >= 0.6 is 23.4 Å². The van der Waals surface area contributed by atoms with E-state index in [9.17, 15) is 14.4 Å². The number of carbonyl (C=O) groups excluding carboxylic acids is 3. The first-order valence-electron chi connectivity index (χ1n) is 8.93. The summed E-state index contributed by atoms with van der Waals surface area (Å²) in [6.45, 7) is 3.72. The molecule has 2 aliphatic rings. The molecule has 0 bridgehead atoms. The Bertz CT molecular complexity index is 868. The van der Waals surface area contributed by atoms with Crippen molar-refractivity contribution in [2.24, 2.45) is 0 Å². The minimum absolute atomic E-state index is 0.128. The van der Waals surface area contributed by atoms with E-state index in [4.69, 9.17) is 17.0 Å². The molecule has 1 aromatic carbocycles. The second-order valence-electron chi connectivity index (χ2n) is 6.68. The van der Waals surface area contributed by atoms with Crippen molar-refractivity contribution in [3.8, 4) is 0 Å². The minimum atomic E-state index is -0.695. The quantitative estimate of drug-likeness (QED) is 0.387. The van der Waals surface area contributed by atoms with Crippen molar-refractivity contribution in [3.63, 3.8) is 0 Å². The van der Waals surface area contributed by atoms with Crippen LogP contribution in [0.15, 0.2) is 35.5 Å². The molecule has 1 saturated heterocycles. The predicted octanol–water partition coefficient (Wildman–Crippen LogP) is 2.52. The summed E-state index contributed by atoms with van der Waals surface area (Å²) >= 11 is 7.34. The van der Waals surface area contributed by atoms with Crippen molar-refractivity contribution in [2.45, 2.75) is 38.1 Å².